The monoisotopic (exact) mass is 335 g/mol. The van der Waals surface area contributed by atoms with Gasteiger partial charge in [0.2, 0.25) is 0 Å². The van der Waals surface area contributed by atoms with Gasteiger partial charge in [0.05, 0.1) is 0 Å². The molecular formula is C17H19BrFN. The number of halogens is 2. The lowest BCUT2D eigenvalue weighted by atomic mass is 10.0. The van der Waals surface area contributed by atoms with Crippen LogP contribution in [0.15, 0.2) is 53.0 Å². The van der Waals surface area contributed by atoms with Crippen LogP contribution in [-0.4, -0.2) is 0 Å². The molecule has 3 heteroatoms. The molecule has 0 aliphatic rings. The van der Waals surface area contributed by atoms with Crippen LogP contribution in [0.25, 0.3) is 0 Å². The minimum atomic E-state index is -0.220. The van der Waals surface area contributed by atoms with E-state index >= 15 is 0 Å². The van der Waals surface area contributed by atoms with Crippen molar-refractivity contribution in [3.8, 4) is 0 Å². The molecule has 2 unspecified atom stereocenters. The molecule has 0 aromatic heterocycles. The highest BCUT2D eigenvalue weighted by molar-refractivity contribution is 9.10. The zero-order valence-electron chi connectivity index (χ0n) is 11.7. The SMILES string of the molecule is CCC(NC(C)c1ccc(F)cc1Br)c1ccccc1. The Hall–Kier alpha value is -1.19. The van der Waals surface area contributed by atoms with Crippen molar-refractivity contribution in [3.63, 3.8) is 0 Å². The van der Waals surface area contributed by atoms with E-state index in [1.807, 2.05) is 12.1 Å². The van der Waals surface area contributed by atoms with Crippen LogP contribution in [0.1, 0.15) is 43.5 Å². The maximum absolute atomic E-state index is 13.2. The predicted octanol–water partition coefficient (Wildman–Crippen LogP) is 5.39. The van der Waals surface area contributed by atoms with E-state index in [1.54, 1.807) is 0 Å². The van der Waals surface area contributed by atoms with Crippen molar-refractivity contribution in [2.24, 2.45) is 0 Å². The fraction of sp³-hybridized carbons (Fsp3) is 0.294. The van der Waals surface area contributed by atoms with Gasteiger partial charge in [-0.2, -0.15) is 0 Å². The van der Waals surface area contributed by atoms with E-state index in [4.69, 9.17) is 0 Å². The zero-order valence-corrected chi connectivity index (χ0v) is 13.3. The van der Waals surface area contributed by atoms with Gasteiger partial charge in [-0.05, 0) is 36.6 Å². The lowest BCUT2D eigenvalue weighted by molar-refractivity contribution is 0.455. The molecule has 2 aromatic rings. The highest BCUT2D eigenvalue weighted by Gasteiger charge is 2.15. The van der Waals surface area contributed by atoms with Gasteiger partial charge in [0.15, 0.2) is 0 Å². The second-order valence-corrected chi connectivity index (χ2v) is 5.78. The van der Waals surface area contributed by atoms with Crippen molar-refractivity contribution in [2.75, 3.05) is 0 Å². The maximum atomic E-state index is 13.2. The Bertz CT molecular complexity index is 556. The normalized spacial score (nSPS) is 14.0. The van der Waals surface area contributed by atoms with Crippen LogP contribution in [0, 0.1) is 5.82 Å². The van der Waals surface area contributed by atoms with Gasteiger partial charge in [0.25, 0.3) is 0 Å². The minimum absolute atomic E-state index is 0.148. The Morgan fingerprint density at radius 2 is 1.85 bits per heavy atom. The van der Waals surface area contributed by atoms with Gasteiger partial charge in [-0.3, -0.25) is 0 Å². The highest BCUT2D eigenvalue weighted by atomic mass is 79.9. The van der Waals surface area contributed by atoms with Gasteiger partial charge in [0, 0.05) is 16.6 Å². The van der Waals surface area contributed by atoms with Gasteiger partial charge in [-0.1, -0.05) is 59.3 Å². The molecule has 0 saturated heterocycles. The summed E-state index contributed by atoms with van der Waals surface area (Å²) in [6.07, 6.45) is 1.01. The predicted molar refractivity (Wildman–Crippen MR) is 85.1 cm³/mol. The van der Waals surface area contributed by atoms with Gasteiger partial charge < -0.3 is 5.32 Å². The fourth-order valence-corrected chi connectivity index (χ4v) is 3.07. The summed E-state index contributed by atoms with van der Waals surface area (Å²) >= 11 is 3.44. The number of hydrogen-bond donors (Lipinski definition) is 1. The van der Waals surface area contributed by atoms with Crippen LogP contribution in [0.2, 0.25) is 0 Å². The van der Waals surface area contributed by atoms with E-state index < -0.39 is 0 Å². The molecule has 1 nitrogen and oxygen atoms in total. The van der Waals surface area contributed by atoms with E-state index in [-0.39, 0.29) is 11.9 Å². The molecule has 0 bridgehead atoms. The highest BCUT2D eigenvalue weighted by Crippen LogP contribution is 2.27. The van der Waals surface area contributed by atoms with Crippen LogP contribution in [0.4, 0.5) is 4.39 Å². The number of nitrogens with one attached hydrogen (secondary N) is 1. The molecule has 1 N–H and O–H groups in total. The van der Waals surface area contributed by atoms with Crippen molar-refractivity contribution in [3.05, 3.63) is 69.9 Å². The Labute approximate surface area is 128 Å². The van der Waals surface area contributed by atoms with E-state index in [9.17, 15) is 4.39 Å². The maximum Gasteiger partial charge on any atom is 0.124 e. The summed E-state index contributed by atoms with van der Waals surface area (Å²) in [5, 5.41) is 3.61. The van der Waals surface area contributed by atoms with Gasteiger partial charge in [-0.15, -0.1) is 0 Å². The summed E-state index contributed by atoms with van der Waals surface area (Å²) in [4.78, 5) is 0. The number of benzene rings is 2. The summed E-state index contributed by atoms with van der Waals surface area (Å²) in [6.45, 7) is 4.26. The molecule has 0 spiro atoms. The summed E-state index contributed by atoms with van der Waals surface area (Å²) in [6, 6.07) is 15.7. The van der Waals surface area contributed by atoms with Gasteiger partial charge in [0.1, 0.15) is 5.82 Å². The second-order valence-electron chi connectivity index (χ2n) is 4.93. The van der Waals surface area contributed by atoms with Crippen LogP contribution in [0.5, 0.6) is 0 Å². The Balaban J connectivity index is 2.15. The Morgan fingerprint density at radius 1 is 1.15 bits per heavy atom. The van der Waals surface area contributed by atoms with E-state index in [0.29, 0.717) is 6.04 Å². The molecule has 0 fully saturated rings. The lowest BCUT2D eigenvalue weighted by Crippen LogP contribution is -2.24. The van der Waals surface area contributed by atoms with Crippen LogP contribution in [0.3, 0.4) is 0 Å². The fourth-order valence-electron chi connectivity index (χ4n) is 2.38. The molecule has 2 atom stereocenters. The Morgan fingerprint density at radius 3 is 2.45 bits per heavy atom. The number of hydrogen-bond acceptors (Lipinski definition) is 1. The van der Waals surface area contributed by atoms with Crippen molar-refractivity contribution < 1.29 is 4.39 Å². The Kier molecular flexibility index (Phi) is 5.32. The third-order valence-electron chi connectivity index (χ3n) is 3.49. The van der Waals surface area contributed by atoms with Crippen molar-refractivity contribution in [1.29, 1.82) is 0 Å². The van der Waals surface area contributed by atoms with E-state index in [1.165, 1.54) is 17.7 Å². The zero-order chi connectivity index (χ0) is 14.5. The van der Waals surface area contributed by atoms with Crippen LogP contribution >= 0.6 is 15.9 Å². The molecule has 0 saturated carbocycles. The first-order valence-electron chi connectivity index (χ1n) is 6.87. The molecule has 2 rings (SSSR count). The summed E-state index contributed by atoms with van der Waals surface area (Å²) in [5.74, 6) is -0.220. The average Bonchev–Trinajstić information content (AvgIpc) is 2.45. The lowest BCUT2D eigenvalue weighted by Gasteiger charge is -2.24. The smallest absolute Gasteiger partial charge is 0.124 e. The summed E-state index contributed by atoms with van der Waals surface area (Å²) < 4.78 is 14.0. The van der Waals surface area contributed by atoms with Gasteiger partial charge >= 0.3 is 0 Å². The topological polar surface area (TPSA) is 12.0 Å². The molecule has 0 aliphatic heterocycles. The standard InChI is InChI=1S/C17H19BrFN/c1-3-17(13-7-5-4-6-8-13)20-12(2)15-10-9-14(19)11-16(15)18/h4-12,17,20H,3H2,1-2H3. The molecule has 106 valence electrons. The number of rotatable bonds is 5. The third kappa shape index (κ3) is 3.68. The minimum Gasteiger partial charge on any atom is -0.303 e. The molecular weight excluding hydrogens is 317 g/mol. The van der Waals surface area contributed by atoms with Gasteiger partial charge in [-0.25, -0.2) is 4.39 Å². The first kappa shape index (κ1) is 15.2. The van der Waals surface area contributed by atoms with Crippen molar-refractivity contribution in [1.82, 2.24) is 5.32 Å². The average molecular weight is 336 g/mol. The molecule has 0 radical (unpaired) electrons. The quantitative estimate of drug-likeness (QED) is 0.772. The van der Waals surface area contributed by atoms with Crippen LogP contribution in [-0.2, 0) is 0 Å². The molecule has 20 heavy (non-hydrogen) atoms. The molecule has 0 heterocycles. The molecule has 0 aliphatic carbocycles. The largest absolute Gasteiger partial charge is 0.303 e. The summed E-state index contributed by atoms with van der Waals surface area (Å²) in [5.41, 5.74) is 2.35. The van der Waals surface area contributed by atoms with Crippen molar-refractivity contribution in [2.45, 2.75) is 32.4 Å². The molecule has 0 amide bonds. The third-order valence-corrected chi connectivity index (χ3v) is 4.18. The second kappa shape index (κ2) is 7.00. The van der Waals surface area contributed by atoms with E-state index in [2.05, 4.69) is 59.4 Å². The molecule has 2 aromatic carbocycles. The first-order valence-corrected chi connectivity index (χ1v) is 7.67. The van der Waals surface area contributed by atoms with Crippen LogP contribution < -0.4 is 5.32 Å². The summed E-state index contributed by atoms with van der Waals surface area (Å²) in [7, 11) is 0. The first-order chi connectivity index (χ1) is 9.61. The van der Waals surface area contributed by atoms with Crippen molar-refractivity contribution >= 4 is 15.9 Å². The van der Waals surface area contributed by atoms with E-state index in [0.717, 1.165) is 16.5 Å².